The molecule has 0 saturated carbocycles. The first-order valence-corrected chi connectivity index (χ1v) is 6.77. The Bertz CT molecular complexity index is 362. The van der Waals surface area contributed by atoms with E-state index in [-0.39, 0.29) is 0 Å². The van der Waals surface area contributed by atoms with Gasteiger partial charge in [0.2, 0.25) is 0 Å². The predicted octanol–water partition coefficient (Wildman–Crippen LogP) is 2.57. The molecule has 2 nitrogen and oxygen atoms in total. The summed E-state index contributed by atoms with van der Waals surface area (Å²) in [7, 11) is 0. The molecule has 1 aromatic rings. The molecule has 2 heteroatoms. The first-order valence-electron chi connectivity index (χ1n) is 6.77. The molecule has 3 atom stereocenters. The quantitative estimate of drug-likeness (QED) is 0.840. The number of benzene rings is 1. The molecule has 0 amide bonds. The van der Waals surface area contributed by atoms with Crippen molar-refractivity contribution in [2.45, 2.75) is 51.1 Å². The van der Waals surface area contributed by atoms with E-state index in [1.807, 2.05) is 0 Å². The van der Waals surface area contributed by atoms with E-state index in [0.29, 0.717) is 18.0 Å². The summed E-state index contributed by atoms with van der Waals surface area (Å²) in [4.78, 5) is 0. The molecule has 1 aliphatic rings. The minimum atomic E-state index is 0.299. The summed E-state index contributed by atoms with van der Waals surface area (Å²) < 4.78 is 0. The molecule has 1 heterocycles. The van der Waals surface area contributed by atoms with E-state index in [4.69, 9.17) is 5.73 Å². The van der Waals surface area contributed by atoms with Gasteiger partial charge in [-0.15, -0.1) is 0 Å². The highest BCUT2D eigenvalue weighted by Gasteiger charge is 2.28. The van der Waals surface area contributed by atoms with Gasteiger partial charge < -0.3 is 11.1 Å². The van der Waals surface area contributed by atoms with Crippen LogP contribution >= 0.6 is 0 Å². The maximum atomic E-state index is 6.28. The second-order valence-corrected chi connectivity index (χ2v) is 5.26. The van der Waals surface area contributed by atoms with Gasteiger partial charge in [-0.3, -0.25) is 0 Å². The van der Waals surface area contributed by atoms with Crippen molar-refractivity contribution in [2.24, 2.45) is 5.73 Å². The highest BCUT2D eigenvalue weighted by atomic mass is 15.0. The highest BCUT2D eigenvalue weighted by Crippen LogP contribution is 2.28. The van der Waals surface area contributed by atoms with Crippen LogP contribution in [-0.4, -0.2) is 18.6 Å². The Morgan fingerprint density at radius 1 is 1.35 bits per heavy atom. The Hall–Kier alpha value is -0.860. The third kappa shape index (κ3) is 2.88. The average molecular weight is 232 g/mol. The first kappa shape index (κ1) is 12.6. The molecule has 2 rings (SSSR count). The van der Waals surface area contributed by atoms with Gasteiger partial charge >= 0.3 is 0 Å². The standard InChI is InChI=1S/C15H24N2/c1-3-6-15-14(16)9-12(10-17-15)13-8-5-4-7-11(13)2/h4-5,7-8,12,14-15,17H,3,6,9-10,16H2,1-2H3. The van der Waals surface area contributed by atoms with Gasteiger partial charge in [0.1, 0.15) is 0 Å². The van der Waals surface area contributed by atoms with Gasteiger partial charge in [-0.05, 0) is 36.8 Å². The molecule has 0 radical (unpaired) electrons. The van der Waals surface area contributed by atoms with Gasteiger partial charge in [0.15, 0.2) is 0 Å². The largest absolute Gasteiger partial charge is 0.326 e. The fourth-order valence-corrected chi connectivity index (χ4v) is 2.93. The second-order valence-electron chi connectivity index (χ2n) is 5.26. The Morgan fingerprint density at radius 3 is 2.76 bits per heavy atom. The normalized spacial score (nSPS) is 29.2. The van der Waals surface area contributed by atoms with Crippen LogP contribution in [0.5, 0.6) is 0 Å². The lowest BCUT2D eigenvalue weighted by molar-refractivity contribution is 0.305. The molecule has 3 unspecified atom stereocenters. The van der Waals surface area contributed by atoms with E-state index >= 15 is 0 Å². The van der Waals surface area contributed by atoms with Crippen molar-refractivity contribution >= 4 is 0 Å². The van der Waals surface area contributed by atoms with Gasteiger partial charge in [-0.25, -0.2) is 0 Å². The van der Waals surface area contributed by atoms with E-state index in [1.54, 1.807) is 0 Å². The summed E-state index contributed by atoms with van der Waals surface area (Å²) in [6, 6.07) is 9.49. The fraction of sp³-hybridized carbons (Fsp3) is 0.600. The zero-order chi connectivity index (χ0) is 12.3. The SMILES string of the molecule is CCCC1NCC(c2ccccc2C)CC1N. The van der Waals surface area contributed by atoms with Gasteiger partial charge in [-0.1, -0.05) is 37.6 Å². The lowest BCUT2D eigenvalue weighted by Crippen LogP contribution is -2.51. The van der Waals surface area contributed by atoms with Gasteiger partial charge in [-0.2, -0.15) is 0 Å². The molecule has 94 valence electrons. The molecule has 1 aromatic carbocycles. The molecular weight excluding hydrogens is 208 g/mol. The molecule has 0 bridgehead atoms. The average Bonchev–Trinajstić information content (AvgIpc) is 2.33. The molecule has 1 fully saturated rings. The van der Waals surface area contributed by atoms with Crippen LogP contribution in [0.15, 0.2) is 24.3 Å². The smallest absolute Gasteiger partial charge is 0.0219 e. The number of rotatable bonds is 3. The van der Waals surface area contributed by atoms with E-state index in [2.05, 4.69) is 43.4 Å². The van der Waals surface area contributed by atoms with E-state index in [9.17, 15) is 0 Å². The number of aryl methyl sites for hydroxylation is 1. The number of nitrogens with one attached hydrogen (secondary N) is 1. The van der Waals surface area contributed by atoms with Crippen LogP contribution < -0.4 is 11.1 Å². The van der Waals surface area contributed by atoms with Crippen molar-refractivity contribution in [3.63, 3.8) is 0 Å². The molecule has 1 aliphatic heterocycles. The van der Waals surface area contributed by atoms with Crippen molar-refractivity contribution in [3.05, 3.63) is 35.4 Å². The Kier molecular flexibility index (Phi) is 4.19. The maximum absolute atomic E-state index is 6.28. The summed E-state index contributed by atoms with van der Waals surface area (Å²) in [5.74, 6) is 0.583. The van der Waals surface area contributed by atoms with Crippen molar-refractivity contribution in [1.29, 1.82) is 0 Å². The van der Waals surface area contributed by atoms with Crippen molar-refractivity contribution in [2.75, 3.05) is 6.54 Å². The minimum Gasteiger partial charge on any atom is -0.326 e. The Labute approximate surface area is 105 Å². The Morgan fingerprint density at radius 2 is 2.12 bits per heavy atom. The number of hydrogen-bond acceptors (Lipinski definition) is 2. The van der Waals surface area contributed by atoms with Gasteiger partial charge in [0.25, 0.3) is 0 Å². The topological polar surface area (TPSA) is 38.0 Å². The van der Waals surface area contributed by atoms with Crippen molar-refractivity contribution in [1.82, 2.24) is 5.32 Å². The van der Waals surface area contributed by atoms with Gasteiger partial charge in [0.05, 0.1) is 0 Å². The molecule has 3 N–H and O–H groups in total. The van der Waals surface area contributed by atoms with Crippen LogP contribution in [0.1, 0.15) is 43.2 Å². The summed E-state index contributed by atoms with van der Waals surface area (Å²) in [5, 5.41) is 3.62. The minimum absolute atomic E-state index is 0.299. The monoisotopic (exact) mass is 232 g/mol. The van der Waals surface area contributed by atoms with Gasteiger partial charge in [0, 0.05) is 18.6 Å². The zero-order valence-corrected chi connectivity index (χ0v) is 10.9. The number of hydrogen-bond donors (Lipinski definition) is 2. The molecule has 0 spiro atoms. The molecule has 17 heavy (non-hydrogen) atoms. The first-order chi connectivity index (χ1) is 8.22. The van der Waals surface area contributed by atoms with Crippen molar-refractivity contribution < 1.29 is 0 Å². The number of piperidine rings is 1. The molecule has 1 saturated heterocycles. The molecule has 0 aliphatic carbocycles. The number of nitrogens with two attached hydrogens (primary N) is 1. The zero-order valence-electron chi connectivity index (χ0n) is 10.9. The van der Waals surface area contributed by atoms with E-state index in [1.165, 1.54) is 24.0 Å². The van der Waals surface area contributed by atoms with Crippen LogP contribution in [0.4, 0.5) is 0 Å². The van der Waals surface area contributed by atoms with Crippen LogP contribution in [0.3, 0.4) is 0 Å². The van der Waals surface area contributed by atoms with E-state index < -0.39 is 0 Å². The summed E-state index contributed by atoms with van der Waals surface area (Å²) >= 11 is 0. The van der Waals surface area contributed by atoms with Crippen molar-refractivity contribution in [3.8, 4) is 0 Å². The predicted molar refractivity (Wildman–Crippen MR) is 73.2 cm³/mol. The third-order valence-electron chi connectivity index (χ3n) is 3.93. The lowest BCUT2D eigenvalue weighted by atomic mass is 9.83. The summed E-state index contributed by atoms with van der Waals surface area (Å²) in [6.45, 7) is 5.49. The molecule has 0 aromatic heterocycles. The van der Waals surface area contributed by atoms with Crippen LogP contribution in [0.25, 0.3) is 0 Å². The van der Waals surface area contributed by atoms with Crippen LogP contribution in [-0.2, 0) is 0 Å². The van der Waals surface area contributed by atoms with Crippen LogP contribution in [0, 0.1) is 6.92 Å². The summed E-state index contributed by atoms with van der Waals surface area (Å²) in [6.07, 6.45) is 3.52. The lowest BCUT2D eigenvalue weighted by Gasteiger charge is -2.35. The Balaban J connectivity index is 2.04. The second kappa shape index (κ2) is 5.65. The third-order valence-corrected chi connectivity index (χ3v) is 3.93. The molecular formula is C15H24N2. The van der Waals surface area contributed by atoms with E-state index in [0.717, 1.165) is 13.0 Å². The maximum Gasteiger partial charge on any atom is 0.0219 e. The fourth-order valence-electron chi connectivity index (χ4n) is 2.93. The summed E-state index contributed by atoms with van der Waals surface area (Å²) in [5.41, 5.74) is 9.13. The van der Waals surface area contributed by atoms with Crippen LogP contribution in [0.2, 0.25) is 0 Å². The highest BCUT2D eigenvalue weighted by molar-refractivity contribution is 5.30.